The van der Waals surface area contributed by atoms with Crippen LogP contribution in [0.5, 0.6) is 0 Å². The minimum Gasteiger partial charge on any atom is -0.456 e. The van der Waals surface area contributed by atoms with Gasteiger partial charge >= 0.3 is 5.97 Å². The molecule has 1 aliphatic rings. The molecule has 31 heavy (non-hydrogen) atoms. The van der Waals surface area contributed by atoms with E-state index in [0.717, 1.165) is 19.3 Å². The number of rotatable bonds is 9. The predicted octanol–water partition coefficient (Wildman–Crippen LogP) is 3.07. The second kappa shape index (κ2) is 10.5. The molecule has 0 aliphatic heterocycles. The van der Waals surface area contributed by atoms with Crippen molar-refractivity contribution in [1.29, 1.82) is 0 Å². The van der Waals surface area contributed by atoms with Crippen molar-refractivity contribution < 1.29 is 23.9 Å². The van der Waals surface area contributed by atoms with Gasteiger partial charge in [-0.1, -0.05) is 18.2 Å². The zero-order chi connectivity index (χ0) is 22.2. The van der Waals surface area contributed by atoms with Crippen LogP contribution in [-0.4, -0.2) is 36.7 Å². The van der Waals surface area contributed by atoms with Crippen LogP contribution in [-0.2, 0) is 27.2 Å². The number of esters is 1. The fourth-order valence-corrected chi connectivity index (χ4v) is 3.52. The first-order valence-corrected chi connectivity index (χ1v) is 10.4. The smallest absolute Gasteiger partial charge is 0.306 e. The molecule has 162 valence electrons. The number of carbonyl (C=O) groups is 4. The van der Waals surface area contributed by atoms with E-state index in [0.29, 0.717) is 23.4 Å². The molecule has 2 N–H and O–H groups in total. The van der Waals surface area contributed by atoms with Crippen molar-refractivity contribution in [3.8, 4) is 0 Å². The second-order valence-electron chi connectivity index (χ2n) is 7.41. The minimum absolute atomic E-state index is 0.0355. The number of Topliss-reactive ketones (excluding diaryl/α,β-unsaturated/α-hetero) is 1. The van der Waals surface area contributed by atoms with Gasteiger partial charge in [0.15, 0.2) is 12.4 Å². The van der Waals surface area contributed by atoms with Crippen LogP contribution in [0.1, 0.15) is 58.0 Å². The topological polar surface area (TPSA) is 102 Å². The number of nitrogens with one attached hydrogen (secondary N) is 2. The van der Waals surface area contributed by atoms with Gasteiger partial charge in [-0.2, -0.15) is 0 Å². The molecule has 7 heteroatoms. The van der Waals surface area contributed by atoms with Gasteiger partial charge in [-0.15, -0.1) is 0 Å². The molecule has 0 radical (unpaired) electrons. The van der Waals surface area contributed by atoms with Crippen LogP contribution in [0, 0.1) is 0 Å². The lowest BCUT2D eigenvalue weighted by molar-refractivity contribution is -0.147. The molecule has 0 saturated heterocycles. The quantitative estimate of drug-likeness (QED) is 0.478. The lowest BCUT2D eigenvalue weighted by atomic mass is 10.0. The number of hydrogen-bond donors (Lipinski definition) is 2. The zero-order valence-corrected chi connectivity index (χ0v) is 17.5. The Labute approximate surface area is 181 Å². The first kappa shape index (κ1) is 22.2. The minimum atomic E-state index is -0.610. The van der Waals surface area contributed by atoms with E-state index < -0.39 is 18.5 Å². The SMILES string of the molecule is CCNC(=O)c1cccc(NC(=O)COC(=O)CCC(=O)c2ccc3c(c2)CCC3)c1. The van der Waals surface area contributed by atoms with Gasteiger partial charge in [0.2, 0.25) is 0 Å². The summed E-state index contributed by atoms with van der Waals surface area (Å²) in [7, 11) is 0. The number of fused-ring (bicyclic) bond motifs is 1. The van der Waals surface area contributed by atoms with Crippen molar-refractivity contribution in [2.45, 2.75) is 39.0 Å². The van der Waals surface area contributed by atoms with Gasteiger partial charge in [0, 0.05) is 29.8 Å². The van der Waals surface area contributed by atoms with Crippen LogP contribution >= 0.6 is 0 Å². The lowest BCUT2D eigenvalue weighted by Crippen LogP contribution is -2.23. The van der Waals surface area contributed by atoms with Crippen LogP contribution in [0.2, 0.25) is 0 Å². The van der Waals surface area contributed by atoms with Gasteiger partial charge < -0.3 is 15.4 Å². The highest BCUT2D eigenvalue weighted by Crippen LogP contribution is 2.23. The van der Waals surface area contributed by atoms with Gasteiger partial charge in [-0.25, -0.2) is 0 Å². The average molecular weight is 422 g/mol. The van der Waals surface area contributed by atoms with Crippen LogP contribution in [0.25, 0.3) is 0 Å². The normalized spacial score (nSPS) is 12.0. The van der Waals surface area contributed by atoms with E-state index in [9.17, 15) is 19.2 Å². The number of aryl methyl sites for hydroxylation is 2. The Balaban J connectivity index is 1.42. The molecule has 0 bridgehead atoms. The maximum Gasteiger partial charge on any atom is 0.306 e. The lowest BCUT2D eigenvalue weighted by Gasteiger charge is -2.08. The molecule has 7 nitrogen and oxygen atoms in total. The standard InChI is InChI=1S/C24H26N2O5/c1-2-25-24(30)19-7-4-8-20(14-19)26-22(28)15-31-23(29)12-11-21(27)18-10-9-16-5-3-6-17(16)13-18/h4,7-10,13-14H,2-3,5-6,11-12,15H2,1H3,(H,25,30)(H,26,28). The highest BCUT2D eigenvalue weighted by Gasteiger charge is 2.16. The average Bonchev–Trinajstić information content (AvgIpc) is 3.24. The highest BCUT2D eigenvalue weighted by atomic mass is 16.5. The van der Waals surface area contributed by atoms with E-state index >= 15 is 0 Å². The summed E-state index contributed by atoms with van der Waals surface area (Å²) in [5.41, 5.74) is 3.95. The van der Waals surface area contributed by atoms with Gasteiger partial charge in [-0.3, -0.25) is 19.2 Å². The molecule has 0 unspecified atom stereocenters. The molecule has 0 spiro atoms. The van der Waals surface area contributed by atoms with E-state index in [1.165, 1.54) is 11.1 Å². The summed E-state index contributed by atoms with van der Waals surface area (Å²) in [5, 5.41) is 5.27. The largest absolute Gasteiger partial charge is 0.456 e. The number of amides is 2. The van der Waals surface area contributed by atoms with E-state index in [1.807, 2.05) is 19.1 Å². The number of anilines is 1. The maximum absolute atomic E-state index is 12.3. The number of carbonyl (C=O) groups excluding carboxylic acids is 4. The Bertz CT molecular complexity index is 999. The molecule has 0 heterocycles. The van der Waals surface area contributed by atoms with Crippen molar-refractivity contribution in [1.82, 2.24) is 5.32 Å². The summed E-state index contributed by atoms with van der Waals surface area (Å²) in [5.74, 6) is -1.48. The number of benzene rings is 2. The van der Waals surface area contributed by atoms with Crippen molar-refractivity contribution >= 4 is 29.3 Å². The van der Waals surface area contributed by atoms with Crippen LogP contribution in [0.3, 0.4) is 0 Å². The van der Waals surface area contributed by atoms with Crippen molar-refractivity contribution in [3.05, 3.63) is 64.7 Å². The Kier molecular flexibility index (Phi) is 7.54. The first-order valence-electron chi connectivity index (χ1n) is 10.4. The molecule has 0 fully saturated rings. The van der Waals surface area contributed by atoms with Crippen LogP contribution < -0.4 is 10.6 Å². The second-order valence-corrected chi connectivity index (χ2v) is 7.41. The molecule has 0 atom stereocenters. The summed E-state index contributed by atoms with van der Waals surface area (Å²) in [6.07, 6.45) is 3.09. The summed E-state index contributed by atoms with van der Waals surface area (Å²) >= 11 is 0. The van der Waals surface area contributed by atoms with E-state index in [2.05, 4.69) is 10.6 Å². The van der Waals surface area contributed by atoms with E-state index in [4.69, 9.17) is 4.74 Å². The predicted molar refractivity (Wildman–Crippen MR) is 116 cm³/mol. The third-order valence-electron chi connectivity index (χ3n) is 5.09. The first-order chi connectivity index (χ1) is 15.0. The number of ether oxygens (including phenoxy) is 1. The number of ketones is 1. The molecule has 3 rings (SSSR count). The van der Waals surface area contributed by atoms with Crippen molar-refractivity contribution in [2.75, 3.05) is 18.5 Å². The molecule has 2 amide bonds. The van der Waals surface area contributed by atoms with E-state index in [-0.39, 0.29) is 24.5 Å². The molecular formula is C24H26N2O5. The Morgan fingerprint density at radius 1 is 0.935 bits per heavy atom. The van der Waals surface area contributed by atoms with Gasteiger partial charge in [0.05, 0.1) is 6.42 Å². The third-order valence-corrected chi connectivity index (χ3v) is 5.09. The Morgan fingerprint density at radius 3 is 2.55 bits per heavy atom. The van der Waals surface area contributed by atoms with Gasteiger partial charge in [-0.05, 0) is 61.6 Å². The monoisotopic (exact) mass is 422 g/mol. The zero-order valence-electron chi connectivity index (χ0n) is 17.5. The summed E-state index contributed by atoms with van der Waals surface area (Å²) < 4.78 is 4.97. The van der Waals surface area contributed by atoms with Crippen molar-refractivity contribution in [3.63, 3.8) is 0 Å². The molecule has 1 aliphatic carbocycles. The van der Waals surface area contributed by atoms with E-state index in [1.54, 1.807) is 30.3 Å². The molecular weight excluding hydrogens is 396 g/mol. The summed E-state index contributed by atoms with van der Waals surface area (Å²) in [6, 6.07) is 12.2. The number of hydrogen-bond acceptors (Lipinski definition) is 5. The van der Waals surface area contributed by atoms with Crippen molar-refractivity contribution in [2.24, 2.45) is 0 Å². The molecule has 2 aromatic carbocycles. The highest BCUT2D eigenvalue weighted by molar-refractivity contribution is 5.99. The third kappa shape index (κ3) is 6.25. The fourth-order valence-electron chi connectivity index (χ4n) is 3.52. The summed E-state index contributed by atoms with van der Waals surface area (Å²) in [6.45, 7) is 1.86. The molecule has 2 aromatic rings. The summed E-state index contributed by atoms with van der Waals surface area (Å²) in [4.78, 5) is 48.2. The fraction of sp³-hybridized carbons (Fsp3) is 0.333. The Hall–Kier alpha value is -3.48. The van der Waals surface area contributed by atoms with Crippen LogP contribution in [0.15, 0.2) is 42.5 Å². The maximum atomic E-state index is 12.3. The molecule has 0 aromatic heterocycles. The van der Waals surface area contributed by atoms with Crippen LogP contribution in [0.4, 0.5) is 5.69 Å². The molecule has 0 saturated carbocycles. The van der Waals surface area contributed by atoms with Gasteiger partial charge in [0.25, 0.3) is 11.8 Å². The Morgan fingerprint density at radius 2 is 1.74 bits per heavy atom. The van der Waals surface area contributed by atoms with Gasteiger partial charge in [0.1, 0.15) is 0 Å².